The molecule has 1 heterocycles. The summed E-state index contributed by atoms with van der Waals surface area (Å²) >= 11 is 2.05. The van der Waals surface area contributed by atoms with E-state index in [-0.39, 0.29) is 11.5 Å². The van der Waals surface area contributed by atoms with Crippen molar-refractivity contribution >= 4 is 39.5 Å². The summed E-state index contributed by atoms with van der Waals surface area (Å²) in [6.45, 7) is 3.75. The van der Waals surface area contributed by atoms with E-state index in [1.54, 1.807) is 42.5 Å². The summed E-state index contributed by atoms with van der Waals surface area (Å²) in [6, 6.07) is 15.8. The summed E-state index contributed by atoms with van der Waals surface area (Å²) in [7, 11) is 3.05. The summed E-state index contributed by atoms with van der Waals surface area (Å²) in [5.74, 6) is 0.295. The van der Waals surface area contributed by atoms with Crippen LogP contribution in [0.3, 0.4) is 0 Å². The van der Waals surface area contributed by atoms with Crippen LogP contribution in [0.1, 0.15) is 21.5 Å². The van der Waals surface area contributed by atoms with Gasteiger partial charge in [0.25, 0.3) is 0 Å². The van der Waals surface area contributed by atoms with Gasteiger partial charge in [0, 0.05) is 9.13 Å². The van der Waals surface area contributed by atoms with Crippen molar-refractivity contribution < 1.29 is 23.4 Å². The Morgan fingerprint density at radius 3 is 2.36 bits per heavy atom. The van der Waals surface area contributed by atoms with Crippen LogP contribution < -0.4 is 19.6 Å². The number of ether oxygens (including phenoxy) is 3. The smallest absolute Gasteiger partial charge is 0.344 e. The molecule has 0 unspecified atom stereocenters. The molecule has 0 fully saturated rings. The van der Waals surface area contributed by atoms with Crippen molar-refractivity contribution in [3.63, 3.8) is 0 Å². The Balaban J connectivity index is 1.97. The molecule has 0 amide bonds. The van der Waals surface area contributed by atoms with Gasteiger partial charge in [-0.3, -0.25) is 4.79 Å². The van der Waals surface area contributed by atoms with Gasteiger partial charge in [0.05, 0.1) is 25.2 Å². The Morgan fingerprint density at radius 2 is 1.67 bits per heavy atom. The van der Waals surface area contributed by atoms with Crippen LogP contribution in [0, 0.1) is 17.4 Å². The van der Waals surface area contributed by atoms with Crippen LogP contribution in [0.15, 0.2) is 63.8 Å². The van der Waals surface area contributed by atoms with E-state index >= 15 is 0 Å². The van der Waals surface area contributed by atoms with Crippen LogP contribution >= 0.6 is 22.6 Å². The third-order valence-corrected chi connectivity index (χ3v) is 6.17. The first-order valence-corrected chi connectivity index (χ1v) is 11.2. The molecule has 0 aliphatic heterocycles. The van der Waals surface area contributed by atoms with Crippen LogP contribution in [0.2, 0.25) is 0 Å². The first-order chi connectivity index (χ1) is 15.8. The van der Waals surface area contributed by atoms with E-state index < -0.39 is 11.4 Å². The van der Waals surface area contributed by atoms with E-state index in [9.17, 15) is 9.59 Å². The Bertz CT molecular complexity index is 1440. The van der Waals surface area contributed by atoms with Gasteiger partial charge in [-0.2, -0.15) is 0 Å². The average molecular weight is 556 g/mol. The number of esters is 1. The highest BCUT2D eigenvalue weighted by Gasteiger charge is 2.24. The van der Waals surface area contributed by atoms with Crippen molar-refractivity contribution in [2.75, 3.05) is 14.2 Å². The van der Waals surface area contributed by atoms with E-state index in [0.717, 1.165) is 11.1 Å². The fourth-order valence-electron chi connectivity index (χ4n) is 3.71. The summed E-state index contributed by atoms with van der Waals surface area (Å²) in [5, 5.41) is 0.371. The molecule has 0 radical (unpaired) electrons. The monoisotopic (exact) mass is 556 g/mol. The zero-order valence-corrected chi connectivity index (χ0v) is 20.7. The SMILES string of the molecule is COc1ccc(-c2oc3cc(C)cc(C)c3c(=O)c2OC(=O)c2ccccc2I)cc1OC. The molecule has 0 saturated heterocycles. The topological polar surface area (TPSA) is 75.0 Å². The lowest BCUT2D eigenvalue weighted by atomic mass is 10.0. The van der Waals surface area contributed by atoms with Crippen molar-refractivity contribution in [2.24, 2.45) is 0 Å². The van der Waals surface area contributed by atoms with Gasteiger partial charge >= 0.3 is 5.97 Å². The predicted octanol–water partition coefficient (Wildman–Crippen LogP) is 5.92. The standard InChI is InChI=1S/C26H21IO6/c1-14-11-15(2)22-21(12-14)32-24(16-9-10-19(30-3)20(13-16)31-4)25(23(22)28)33-26(29)17-7-5-6-8-18(17)27/h5-13H,1-4H3. The van der Waals surface area contributed by atoms with Gasteiger partial charge in [0.2, 0.25) is 11.2 Å². The molecule has 33 heavy (non-hydrogen) atoms. The minimum Gasteiger partial charge on any atom is -0.493 e. The van der Waals surface area contributed by atoms with E-state index in [2.05, 4.69) is 22.6 Å². The molecule has 168 valence electrons. The lowest BCUT2D eigenvalue weighted by Crippen LogP contribution is -2.17. The van der Waals surface area contributed by atoms with Crippen molar-refractivity contribution in [2.45, 2.75) is 13.8 Å². The van der Waals surface area contributed by atoms with E-state index in [4.69, 9.17) is 18.6 Å². The van der Waals surface area contributed by atoms with Crippen LogP contribution in [-0.2, 0) is 0 Å². The maximum Gasteiger partial charge on any atom is 0.344 e. The lowest BCUT2D eigenvalue weighted by molar-refractivity contribution is 0.0730. The summed E-state index contributed by atoms with van der Waals surface area (Å²) < 4.78 is 23.3. The molecular formula is C26H21IO6. The first-order valence-electron chi connectivity index (χ1n) is 10.1. The number of benzene rings is 3. The Morgan fingerprint density at radius 1 is 0.939 bits per heavy atom. The Labute approximate surface area is 204 Å². The predicted molar refractivity (Wildman–Crippen MR) is 135 cm³/mol. The molecule has 7 heteroatoms. The number of carbonyl (C=O) groups is 1. The van der Waals surface area contributed by atoms with Gasteiger partial charge < -0.3 is 18.6 Å². The molecule has 6 nitrogen and oxygen atoms in total. The fraction of sp³-hybridized carbons (Fsp3) is 0.154. The normalized spacial score (nSPS) is 10.8. The minimum absolute atomic E-state index is 0.137. The van der Waals surface area contributed by atoms with Gasteiger partial charge in [-0.1, -0.05) is 18.2 Å². The molecule has 3 aromatic carbocycles. The molecule has 0 aliphatic carbocycles. The van der Waals surface area contributed by atoms with Gasteiger partial charge in [-0.25, -0.2) is 4.79 Å². The maximum absolute atomic E-state index is 13.6. The van der Waals surface area contributed by atoms with Crippen LogP contribution in [-0.4, -0.2) is 20.2 Å². The summed E-state index contributed by atoms with van der Waals surface area (Å²) in [6.07, 6.45) is 0. The number of fused-ring (bicyclic) bond motifs is 1. The number of carbonyl (C=O) groups excluding carboxylic acids is 1. The van der Waals surface area contributed by atoms with Gasteiger partial charge in [-0.05, 0) is 84.0 Å². The van der Waals surface area contributed by atoms with Crippen molar-refractivity contribution in [1.29, 1.82) is 0 Å². The van der Waals surface area contributed by atoms with E-state index in [1.165, 1.54) is 14.2 Å². The molecule has 0 N–H and O–H groups in total. The number of rotatable bonds is 5. The van der Waals surface area contributed by atoms with Gasteiger partial charge in [-0.15, -0.1) is 0 Å². The number of halogens is 1. The van der Waals surface area contributed by atoms with Crippen molar-refractivity contribution in [3.05, 3.63) is 85.1 Å². The van der Waals surface area contributed by atoms with Crippen molar-refractivity contribution in [1.82, 2.24) is 0 Å². The third-order valence-electron chi connectivity index (χ3n) is 5.23. The summed E-state index contributed by atoms with van der Waals surface area (Å²) in [4.78, 5) is 26.6. The third kappa shape index (κ3) is 4.32. The quantitative estimate of drug-likeness (QED) is 0.225. The highest BCUT2D eigenvalue weighted by molar-refractivity contribution is 14.1. The highest BCUT2D eigenvalue weighted by atomic mass is 127. The first kappa shape index (κ1) is 22.8. The van der Waals surface area contributed by atoms with Crippen molar-refractivity contribution in [3.8, 4) is 28.6 Å². The largest absolute Gasteiger partial charge is 0.493 e. The average Bonchev–Trinajstić information content (AvgIpc) is 2.79. The molecule has 4 rings (SSSR count). The molecule has 0 bridgehead atoms. The van der Waals surface area contributed by atoms with Crippen LogP contribution in [0.25, 0.3) is 22.3 Å². The van der Waals surface area contributed by atoms with Crippen LogP contribution in [0.5, 0.6) is 17.2 Å². The Kier molecular flexibility index (Phi) is 6.42. The van der Waals surface area contributed by atoms with E-state index in [0.29, 0.717) is 37.2 Å². The number of aryl methyl sites for hydroxylation is 2. The zero-order chi connectivity index (χ0) is 23.7. The summed E-state index contributed by atoms with van der Waals surface area (Å²) in [5.41, 5.74) is 2.55. The fourth-order valence-corrected chi connectivity index (χ4v) is 4.32. The number of hydrogen-bond donors (Lipinski definition) is 0. The molecular weight excluding hydrogens is 535 g/mol. The molecule has 4 aromatic rings. The molecule has 1 aromatic heterocycles. The highest BCUT2D eigenvalue weighted by Crippen LogP contribution is 2.37. The van der Waals surface area contributed by atoms with Gasteiger partial charge in [0.15, 0.2) is 17.3 Å². The molecule has 0 atom stereocenters. The van der Waals surface area contributed by atoms with Gasteiger partial charge in [0.1, 0.15) is 5.58 Å². The zero-order valence-electron chi connectivity index (χ0n) is 18.5. The second-order valence-corrected chi connectivity index (χ2v) is 8.65. The lowest BCUT2D eigenvalue weighted by Gasteiger charge is -2.14. The minimum atomic E-state index is -0.641. The molecule has 0 aliphatic rings. The molecule has 0 saturated carbocycles. The Hall–Kier alpha value is -3.33. The second-order valence-electron chi connectivity index (χ2n) is 7.48. The maximum atomic E-state index is 13.6. The van der Waals surface area contributed by atoms with Crippen LogP contribution in [0.4, 0.5) is 0 Å². The number of hydrogen-bond acceptors (Lipinski definition) is 6. The number of methoxy groups -OCH3 is 2. The molecule has 0 spiro atoms. The van der Waals surface area contributed by atoms with E-state index in [1.807, 2.05) is 26.0 Å². The second kappa shape index (κ2) is 9.27.